The number of aliphatic hydroxyl groups is 1. The largest absolute Gasteiger partial charge is 0.390 e. The minimum absolute atomic E-state index is 0.0262. The molecule has 1 amide bonds. The van der Waals surface area contributed by atoms with Crippen molar-refractivity contribution in [1.82, 2.24) is 9.88 Å². The molecule has 1 aliphatic rings. The number of likely N-dealkylation sites (tertiary alicyclic amines) is 1. The third-order valence-electron chi connectivity index (χ3n) is 3.17. The standard InChI is InChI=1S/C13H20N2O2S/c1-9-5-4-6-15(9)12(16)10-8-18-11(14-10)7-13(2,3)17/h8-9,17H,4-7H2,1-3H3. The molecule has 1 fully saturated rings. The van der Waals surface area contributed by atoms with Crippen LogP contribution in [0, 0.1) is 0 Å². The molecular formula is C13H20N2O2S. The maximum atomic E-state index is 12.2. The Hall–Kier alpha value is -0.940. The van der Waals surface area contributed by atoms with Crippen molar-refractivity contribution >= 4 is 17.2 Å². The molecule has 0 radical (unpaired) electrons. The zero-order valence-corrected chi connectivity index (χ0v) is 12.0. The van der Waals surface area contributed by atoms with Gasteiger partial charge in [0.05, 0.1) is 10.6 Å². The Labute approximate surface area is 112 Å². The van der Waals surface area contributed by atoms with E-state index < -0.39 is 5.60 Å². The number of carbonyl (C=O) groups is 1. The van der Waals surface area contributed by atoms with E-state index >= 15 is 0 Å². The van der Waals surface area contributed by atoms with E-state index in [1.807, 2.05) is 4.90 Å². The molecule has 1 saturated heterocycles. The molecule has 0 saturated carbocycles. The van der Waals surface area contributed by atoms with E-state index in [0.717, 1.165) is 24.4 Å². The Kier molecular flexibility index (Phi) is 3.73. The highest BCUT2D eigenvalue weighted by atomic mass is 32.1. The zero-order chi connectivity index (χ0) is 13.3. The van der Waals surface area contributed by atoms with Gasteiger partial charge in [-0.15, -0.1) is 11.3 Å². The summed E-state index contributed by atoms with van der Waals surface area (Å²) in [5.74, 6) is 0.0262. The molecule has 1 N–H and O–H groups in total. The van der Waals surface area contributed by atoms with Crippen molar-refractivity contribution in [2.45, 2.75) is 51.7 Å². The van der Waals surface area contributed by atoms with Gasteiger partial charge in [-0.05, 0) is 33.6 Å². The van der Waals surface area contributed by atoms with Gasteiger partial charge in [-0.25, -0.2) is 4.98 Å². The van der Waals surface area contributed by atoms with Gasteiger partial charge in [0.2, 0.25) is 0 Å². The van der Waals surface area contributed by atoms with Crippen molar-refractivity contribution in [1.29, 1.82) is 0 Å². The van der Waals surface area contributed by atoms with Crippen molar-refractivity contribution in [3.8, 4) is 0 Å². The Morgan fingerprint density at radius 2 is 2.39 bits per heavy atom. The van der Waals surface area contributed by atoms with Gasteiger partial charge in [-0.1, -0.05) is 0 Å². The molecule has 1 unspecified atom stereocenters. The number of hydrogen-bond donors (Lipinski definition) is 1. The highest BCUT2D eigenvalue weighted by molar-refractivity contribution is 7.09. The lowest BCUT2D eigenvalue weighted by atomic mass is 10.1. The van der Waals surface area contributed by atoms with Crippen LogP contribution in [-0.2, 0) is 6.42 Å². The van der Waals surface area contributed by atoms with E-state index in [0.29, 0.717) is 18.2 Å². The first-order valence-electron chi connectivity index (χ1n) is 6.34. The highest BCUT2D eigenvalue weighted by Crippen LogP contribution is 2.22. The van der Waals surface area contributed by atoms with Crippen molar-refractivity contribution in [3.63, 3.8) is 0 Å². The number of amides is 1. The molecule has 0 aromatic carbocycles. The van der Waals surface area contributed by atoms with Crippen LogP contribution in [0.4, 0.5) is 0 Å². The third-order valence-corrected chi connectivity index (χ3v) is 4.02. The summed E-state index contributed by atoms with van der Waals surface area (Å²) < 4.78 is 0. The van der Waals surface area contributed by atoms with Crippen molar-refractivity contribution < 1.29 is 9.90 Å². The molecule has 100 valence electrons. The van der Waals surface area contributed by atoms with E-state index in [-0.39, 0.29) is 5.91 Å². The predicted octanol–water partition coefficient (Wildman–Crippen LogP) is 2.08. The van der Waals surface area contributed by atoms with Crippen LogP contribution < -0.4 is 0 Å². The topological polar surface area (TPSA) is 53.4 Å². The molecule has 0 spiro atoms. The first-order valence-corrected chi connectivity index (χ1v) is 7.22. The van der Waals surface area contributed by atoms with Crippen LogP contribution in [0.3, 0.4) is 0 Å². The van der Waals surface area contributed by atoms with Gasteiger partial charge >= 0.3 is 0 Å². The SMILES string of the molecule is CC1CCCN1C(=O)c1csc(CC(C)(C)O)n1. The molecule has 0 aliphatic carbocycles. The molecule has 4 nitrogen and oxygen atoms in total. The van der Waals surface area contributed by atoms with Crippen LogP contribution in [0.15, 0.2) is 5.38 Å². The number of aromatic nitrogens is 1. The van der Waals surface area contributed by atoms with Gasteiger partial charge in [-0.2, -0.15) is 0 Å². The van der Waals surface area contributed by atoms with Gasteiger partial charge in [-0.3, -0.25) is 4.79 Å². The first-order chi connectivity index (χ1) is 8.37. The normalized spacial score (nSPS) is 20.4. The fraction of sp³-hybridized carbons (Fsp3) is 0.692. The monoisotopic (exact) mass is 268 g/mol. The van der Waals surface area contributed by atoms with E-state index in [2.05, 4.69) is 11.9 Å². The molecule has 2 rings (SSSR count). The van der Waals surface area contributed by atoms with Crippen LogP contribution in [0.5, 0.6) is 0 Å². The van der Waals surface area contributed by atoms with E-state index in [9.17, 15) is 9.90 Å². The summed E-state index contributed by atoms with van der Waals surface area (Å²) >= 11 is 1.45. The fourth-order valence-electron chi connectivity index (χ4n) is 2.24. The summed E-state index contributed by atoms with van der Waals surface area (Å²) in [6, 6.07) is 0.317. The summed E-state index contributed by atoms with van der Waals surface area (Å²) in [7, 11) is 0. The molecule has 1 aromatic rings. The molecule has 1 aromatic heterocycles. The molecule has 5 heteroatoms. The Bertz CT molecular complexity index is 436. The first kappa shape index (κ1) is 13.5. The molecular weight excluding hydrogens is 248 g/mol. The van der Waals surface area contributed by atoms with Gasteiger partial charge in [0.25, 0.3) is 5.91 Å². The Morgan fingerprint density at radius 1 is 1.67 bits per heavy atom. The maximum absolute atomic E-state index is 12.2. The van der Waals surface area contributed by atoms with Crippen LogP contribution in [-0.4, -0.2) is 39.1 Å². The van der Waals surface area contributed by atoms with Gasteiger partial charge in [0, 0.05) is 24.4 Å². The maximum Gasteiger partial charge on any atom is 0.273 e. The summed E-state index contributed by atoms with van der Waals surface area (Å²) in [6.45, 7) is 6.41. The lowest BCUT2D eigenvalue weighted by Gasteiger charge is -2.20. The predicted molar refractivity (Wildman–Crippen MR) is 71.8 cm³/mol. The van der Waals surface area contributed by atoms with Gasteiger partial charge in [0.15, 0.2) is 0 Å². The van der Waals surface area contributed by atoms with Crippen LogP contribution in [0.1, 0.15) is 49.1 Å². The van der Waals surface area contributed by atoms with Gasteiger partial charge < -0.3 is 10.0 Å². The number of rotatable bonds is 3. The number of hydrogen-bond acceptors (Lipinski definition) is 4. The second kappa shape index (κ2) is 4.97. The second-order valence-electron chi connectivity index (χ2n) is 5.61. The average Bonchev–Trinajstić information content (AvgIpc) is 2.84. The van der Waals surface area contributed by atoms with Gasteiger partial charge in [0.1, 0.15) is 5.69 Å². The van der Waals surface area contributed by atoms with Crippen LogP contribution >= 0.6 is 11.3 Å². The van der Waals surface area contributed by atoms with Crippen molar-refractivity contribution in [3.05, 3.63) is 16.1 Å². The Morgan fingerprint density at radius 3 is 2.94 bits per heavy atom. The van der Waals surface area contributed by atoms with E-state index in [4.69, 9.17) is 0 Å². The fourth-order valence-corrected chi connectivity index (χ4v) is 3.23. The molecule has 1 atom stereocenters. The smallest absolute Gasteiger partial charge is 0.273 e. The van der Waals surface area contributed by atoms with Crippen molar-refractivity contribution in [2.24, 2.45) is 0 Å². The number of nitrogens with zero attached hydrogens (tertiary/aromatic N) is 2. The Balaban J connectivity index is 2.08. The number of thiazole rings is 1. The molecule has 18 heavy (non-hydrogen) atoms. The molecule has 2 heterocycles. The highest BCUT2D eigenvalue weighted by Gasteiger charge is 2.27. The lowest BCUT2D eigenvalue weighted by molar-refractivity contribution is 0.0734. The third kappa shape index (κ3) is 3.09. The number of carbonyl (C=O) groups excluding carboxylic acids is 1. The van der Waals surface area contributed by atoms with Crippen LogP contribution in [0.2, 0.25) is 0 Å². The van der Waals surface area contributed by atoms with E-state index in [1.54, 1.807) is 19.2 Å². The summed E-state index contributed by atoms with van der Waals surface area (Å²) in [4.78, 5) is 18.5. The zero-order valence-electron chi connectivity index (χ0n) is 11.1. The second-order valence-corrected chi connectivity index (χ2v) is 6.55. The quantitative estimate of drug-likeness (QED) is 0.913. The summed E-state index contributed by atoms with van der Waals surface area (Å²) in [5, 5.41) is 12.4. The summed E-state index contributed by atoms with van der Waals surface area (Å²) in [5.41, 5.74) is -0.257. The van der Waals surface area contributed by atoms with Crippen LogP contribution in [0.25, 0.3) is 0 Å². The van der Waals surface area contributed by atoms with Crippen molar-refractivity contribution in [2.75, 3.05) is 6.54 Å². The van der Waals surface area contributed by atoms with E-state index in [1.165, 1.54) is 11.3 Å². The molecule has 1 aliphatic heterocycles. The minimum Gasteiger partial charge on any atom is -0.390 e. The minimum atomic E-state index is -0.779. The average molecular weight is 268 g/mol. The lowest BCUT2D eigenvalue weighted by Crippen LogP contribution is -2.33. The summed E-state index contributed by atoms with van der Waals surface area (Å²) in [6.07, 6.45) is 2.64. The molecule has 0 bridgehead atoms.